The van der Waals surface area contributed by atoms with Crippen LogP contribution in [0.15, 0.2) is 60.7 Å². The zero-order valence-electron chi connectivity index (χ0n) is 18.2. The first-order chi connectivity index (χ1) is 16.1. The Balaban J connectivity index is 1.96. The molecule has 0 radical (unpaired) electrons. The standard InChI is InChI=1S/C26H23F4NO3/c1-16-18(5-4-7-20(16)21-6-2-3-8-23(21)27)10-11-19-13-17(9-12-22(19)26(28,29)30)14-31-24(15-32)25(33)34/h2-13,24,31-32H,14-15H2,1H3,(H,33,34). The molecule has 0 fully saturated rings. The molecule has 3 aromatic rings. The summed E-state index contributed by atoms with van der Waals surface area (Å²) in [5.41, 5.74) is 1.86. The van der Waals surface area contributed by atoms with Gasteiger partial charge in [0.1, 0.15) is 11.9 Å². The number of aliphatic hydroxyl groups is 1. The fourth-order valence-corrected chi connectivity index (χ4v) is 3.57. The van der Waals surface area contributed by atoms with Crippen LogP contribution in [0, 0.1) is 12.7 Å². The van der Waals surface area contributed by atoms with E-state index in [1.54, 1.807) is 43.3 Å². The predicted octanol–water partition coefficient (Wildman–Crippen LogP) is 5.53. The third kappa shape index (κ3) is 5.89. The normalized spacial score (nSPS) is 12.8. The largest absolute Gasteiger partial charge is 0.480 e. The van der Waals surface area contributed by atoms with Crippen LogP contribution in [0.25, 0.3) is 23.3 Å². The molecule has 3 rings (SSSR count). The summed E-state index contributed by atoms with van der Waals surface area (Å²) in [5.74, 6) is -1.66. The number of hydrogen-bond acceptors (Lipinski definition) is 3. The molecule has 0 saturated carbocycles. The second-order valence-corrected chi connectivity index (χ2v) is 7.71. The first-order valence-corrected chi connectivity index (χ1v) is 10.4. The number of alkyl halides is 3. The van der Waals surface area contributed by atoms with E-state index in [0.717, 1.165) is 6.07 Å². The minimum absolute atomic E-state index is 0.0434. The number of hydrogen-bond donors (Lipinski definition) is 3. The van der Waals surface area contributed by atoms with Crippen LogP contribution in [0.2, 0.25) is 0 Å². The molecule has 8 heteroatoms. The third-order valence-electron chi connectivity index (χ3n) is 5.44. The van der Waals surface area contributed by atoms with Crippen molar-refractivity contribution >= 4 is 18.1 Å². The highest BCUT2D eigenvalue weighted by Gasteiger charge is 2.32. The van der Waals surface area contributed by atoms with Crippen LogP contribution >= 0.6 is 0 Å². The Morgan fingerprint density at radius 1 is 1.00 bits per heavy atom. The van der Waals surface area contributed by atoms with Crippen molar-refractivity contribution in [1.82, 2.24) is 5.32 Å². The van der Waals surface area contributed by atoms with Gasteiger partial charge in [-0.15, -0.1) is 0 Å². The van der Waals surface area contributed by atoms with E-state index in [1.807, 2.05) is 0 Å². The summed E-state index contributed by atoms with van der Waals surface area (Å²) in [6, 6.07) is 13.7. The summed E-state index contributed by atoms with van der Waals surface area (Å²) in [6.07, 6.45) is -1.72. The summed E-state index contributed by atoms with van der Waals surface area (Å²) in [7, 11) is 0. The summed E-state index contributed by atoms with van der Waals surface area (Å²) >= 11 is 0. The fraction of sp³-hybridized carbons (Fsp3) is 0.192. The minimum atomic E-state index is -4.59. The molecule has 0 saturated heterocycles. The van der Waals surface area contributed by atoms with Crippen LogP contribution in [0.5, 0.6) is 0 Å². The van der Waals surface area contributed by atoms with E-state index in [9.17, 15) is 22.4 Å². The van der Waals surface area contributed by atoms with E-state index in [-0.39, 0.29) is 12.1 Å². The lowest BCUT2D eigenvalue weighted by molar-refractivity contribution is -0.140. The Kier molecular flexibility index (Phi) is 7.86. The van der Waals surface area contributed by atoms with E-state index in [1.165, 1.54) is 30.4 Å². The first-order valence-electron chi connectivity index (χ1n) is 10.4. The molecule has 4 nitrogen and oxygen atoms in total. The van der Waals surface area contributed by atoms with Gasteiger partial charge in [-0.3, -0.25) is 10.1 Å². The van der Waals surface area contributed by atoms with Gasteiger partial charge >= 0.3 is 12.1 Å². The van der Waals surface area contributed by atoms with Crippen LogP contribution in [-0.4, -0.2) is 28.8 Å². The second kappa shape index (κ2) is 10.6. The topological polar surface area (TPSA) is 69.6 Å². The van der Waals surface area contributed by atoms with E-state index in [2.05, 4.69) is 5.32 Å². The Labute approximate surface area is 194 Å². The van der Waals surface area contributed by atoms with Gasteiger partial charge in [-0.05, 0) is 52.9 Å². The van der Waals surface area contributed by atoms with Crippen LogP contribution in [0.4, 0.5) is 17.6 Å². The maximum Gasteiger partial charge on any atom is 0.416 e. The van der Waals surface area contributed by atoms with Crippen molar-refractivity contribution in [2.75, 3.05) is 6.61 Å². The maximum absolute atomic E-state index is 14.3. The van der Waals surface area contributed by atoms with Crippen molar-refractivity contribution in [3.63, 3.8) is 0 Å². The van der Waals surface area contributed by atoms with Crippen LogP contribution < -0.4 is 5.32 Å². The summed E-state index contributed by atoms with van der Waals surface area (Å²) in [4.78, 5) is 11.0. The highest BCUT2D eigenvalue weighted by Crippen LogP contribution is 2.34. The number of benzene rings is 3. The lowest BCUT2D eigenvalue weighted by Gasteiger charge is -2.15. The molecule has 0 bridgehead atoms. The Hall–Kier alpha value is -3.49. The number of aliphatic carboxylic acids is 1. The molecule has 0 aliphatic carbocycles. The molecule has 178 valence electrons. The van der Waals surface area contributed by atoms with Crippen LogP contribution in [0.1, 0.15) is 27.8 Å². The first kappa shape index (κ1) is 25.1. The molecular weight excluding hydrogens is 450 g/mol. The number of rotatable bonds is 8. The summed E-state index contributed by atoms with van der Waals surface area (Å²) < 4.78 is 55.0. The van der Waals surface area contributed by atoms with Crippen molar-refractivity contribution in [1.29, 1.82) is 0 Å². The Bertz CT molecular complexity index is 1200. The van der Waals surface area contributed by atoms with Gasteiger partial charge in [0.15, 0.2) is 0 Å². The number of carboxylic acid groups (broad SMARTS) is 1. The second-order valence-electron chi connectivity index (χ2n) is 7.71. The van der Waals surface area contributed by atoms with Crippen LogP contribution in [0.3, 0.4) is 0 Å². The quantitative estimate of drug-likeness (QED) is 0.298. The number of carbonyl (C=O) groups is 1. The molecular formula is C26H23F4NO3. The molecule has 0 aliphatic rings. The van der Waals surface area contributed by atoms with Gasteiger partial charge in [0.05, 0.1) is 12.2 Å². The van der Waals surface area contributed by atoms with Gasteiger partial charge in [0.25, 0.3) is 0 Å². The van der Waals surface area contributed by atoms with Crippen molar-refractivity contribution < 1.29 is 32.6 Å². The molecule has 1 unspecified atom stereocenters. The lowest BCUT2D eigenvalue weighted by atomic mass is 9.95. The highest BCUT2D eigenvalue weighted by molar-refractivity contribution is 5.78. The predicted molar refractivity (Wildman–Crippen MR) is 122 cm³/mol. The minimum Gasteiger partial charge on any atom is -0.480 e. The SMILES string of the molecule is Cc1c(C=Cc2cc(CNC(CO)C(=O)O)ccc2C(F)(F)F)cccc1-c1ccccc1F. The van der Waals surface area contributed by atoms with E-state index in [0.29, 0.717) is 27.8 Å². The smallest absolute Gasteiger partial charge is 0.416 e. The van der Waals surface area contributed by atoms with Gasteiger partial charge in [0.2, 0.25) is 0 Å². The molecule has 34 heavy (non-hydrogen) atoms. The monoisotopic (exact) mass is 473 g/mol. The third-order valence-corrected chi connectivity index (χ3v) is 5.44. The number of carboxylic acids is 1. The molecule has 0 amide bonds. The Morgan fingerprint density at radius 3 is 2.32 bits per heavy atom. The molecule has 0 aliphatic heterocycles. The summed E-state index contributed by atoms with van der Waals surface area (Å²) in [6.45, 7) is 1.08. The van der Waals surface area contributed by atoms with E-state index in [4.69, 9.17) is 10.2 Å². The lowest BCUT2D eigenvalue weighted by Crippen LogP contribution is -2.39. The van der Waals surface area contributed by atoms with Crippen LogP contribution in [-0.2, 0) is 17.5 Å². The molecule has 3 aromatic carbocycles. The van der Waals surface area contributed by atoms with E-state index < -0.39 is 36.2 Å². The zero-order valence-corrected chi connectivity index (χ0v) is 18.2. The molecule has 0 spiro atoms. The van der Waals surface area contributed by atoms with Gasteiger partial charge < -0.3 is 10.2 Å². The Morgan fingerprint density at radius 2 is 1.68 bits per heavy atom. The molecule has 1 atom stereocenters. The molecule has 3 N–H and O–H groups in total. The molecule has 0 heterocycles. The number of halogens is 4. The van der Waals surface area contributed by atoms with Crippen molar-refractivity contribution in [3.05, 3.63) is 94.3 Å². The summed E-state index contributed by atoms with van der Waals surface area (Å²) in [5, 5.41) is 20.7. The van der Waals surface area contributed by atoms with Crippen molar-refractivity contribution in [2.45, 2.75) is 25.7 Å². The fourth-order valence-electron chi connectivity index (χ4n) is 3.57. The average Bonchev–Trinajstić information content (AvgIpc) is 2.78. The number of aliphatic hydroxyl groups excluding tert-OH is 1. The van der Waals surface area contributed by atoms with Crippen molar-refractivity contribution in [3.8, 4) is 11.1 Å². The van der Waals surface area contributed by atoms with Gasteiger partial charge in [-0.2, -0.15) is 13.2 Å². The maximum atomic E-state index is 14.3. The average molecular weight is 473 g/mol. The molecule has 0 aromatic heterocycles. The van der Waals surface area contributed by atoms with Gasteiger partial charge in [-0.1, -0.05) is 54.6 Å². The highest BCUT2D eigenvalue weighted by atomic mass is 19.4. The van der Waals surface area contributed by atoms with Crippen molar-refractivity contribution in [2.24, 2.45) is 0 Å². The van der Waals surface area contributed by atoms with Gasteiger partial charge in [0, 0.05) is 12.1 Å². The zero-order chi connectivity index (χ0) is 24.9. The van der Waals surface area contributed by atoms with E-state index >= 15 is 0 Å². The number of nitrogens with one attached hydrogen (secondary N) is 1. The van der Waals surface area contributed by atoms with Gasteiger partial charge in [-0.25, -0.2) is 4.39 Å².